The molecule has 0 bridgehead atoms. The molecule has 0 aromatic heterocycles. The molecule has 4 N–H and O–H groups in total. The number of benzene rings is 1. The normalized spacial score (nSPS) is 11.3. The average Bonchev–Trinajstić information content (AvgIpc) is 2.37. The van der Waals surface area contributed by atoms with Gasteiger partial charge in [0.15, 0.2) is 0 Å². The Hall–Kier alpha value is -2.28. The highest BCUT2D eigenvalue weighted by molar-refractivity contribution is 6.32. The highest BCUT2D eigenvalue weighted by Crippen LogP contribution is 2.26. The van der Waals surface area contributed by atoms with Gasteiger partial charge in [-0.25, -0.2) is 4.79 Å². The Bertz CT molecular complexity index is 546. The van der Waals surface area contributed by atoms with E-state index >= 15 is 0 Å². The van der Waals surface area contributed by atoms with Crippen LogP contribution < -0.4 is 21.1 Å². The number of carbonyl (C=O) groups excluding carboxylic acids is 3. The molecule has 0 fully saturated rings. The van der Waals surface area contributed by atoms with E-state index in [2.05, 4.69) is 5.32 Å². The van der Waals surface area contributed by atoms with E-state index in [0.29, 0.717) is 5.75 Å². The number of methoxy groups -OCH3 is 1. The lowest BCUT2D eigenvalue weighted by molar-refractivity contribution is -0.115. The smallest absolute Gasteiger partial charge is 0.319 e. The third kappa shape index (κ3) is 4.13. The first-order valence-corrected chi connectivity index (χ1v) is 6.02. The molecule has 0 spiro atoms. The quantitative estimate of drug-likeness (QED) is 0.722. The van der Waals surface area contributed by atoms with Crippen LogP contribution in [0.25, 0.3) is 0 Å². The van der Waals surface area contributed by atoms with Gasteiger partial charge >= 0.3 is 6.03 Å². The van der Waals surface area contributed by atoms with Crippen LogP contribution in [0, 0.1) is 0 Å². The molecular weight excluding hydrogens is 286 g/mol. The highest BCUT2D eigenvalue weighted by atomic mass is 35.5. The number of urea groups is 1. The molecule has 0 aliphatic heterocycles. The number of primary amides is 1. The van der Waals surface area contributed by atoms with Crippen LogP contribution in [0.2, 0.25) is 0 Å². The number of nitrogens with two attached hydrogens (primary N) is 1. The molecule has 4 amide bonds. The van der Waals surface area contributed by atoms with Gasteiger partial charge in [0.1, 0.15) is 11.1 Å². The highest BCUT2D eigenvalue weighted by Gasteiger charge is 2.15. The minimum absolute atomic E-state index is 0.141. The summed E-state index contributed by atoms with van der Waals surface area (Å²) in [6.45, 7) is 1.51. The van der Waals surface area contributed by atoms with Crippen molar-refractivity contribution in [1.82, 2.24) is 5.32 Å². The Morgan fingerprint density at radius 2 is 2.00 bits per heavy atom. The van der Waals surface area contributed by atoms with Gasteiger partial charge in [-0.1, -0.05) is 0 Å². The lowest BCUT2D eigenvalue weighted by Crippen LogP contribution is -2.35. The van der Waals surface area contributed by atoms with E-state index in [1.807, 2.05) is 5.32 Å². The molecule has 1 atom stereocenters. The largest absolute Gasteiger partial charge is 0.495 e. The number of amides is 4. The number of anilines is 1. The van der Waals surface area contributed by atoms with Crippen molar-refractivity contribution < 1.29 is 19.1 Å². The fourth-order valence-corrected chi connectivity index (χ4v) is 1.42. The monoisotopic (exact) mass is 299 g/mol. The molecule has 0 unspecified atom stereocenters. The number of hydrogen-bond donors (Lipinski definition) is 3. The van der Waals surface area contributed by atoms with Crippen molar-refractivity contribution >= 4 is 35.1 Å². The van der Waals surface area contributed by atoms with Crippen LogP contribution in [0.5, 0.6) is 5.75 Å². The third-order valence-electron chi connectivity index (χ3n) is 2.32. The second-order valence-corrected chi connectivity index (χ2v) is 4.49. The van der Waals surface area contributed by atoms with Gasteiger partial charge in [-0.05, 0) is 25.1 Å². The maximum atomic E-state index is 11.6. The van der Waals surface area contributed by atoms with E-state index < -0.39 is 23.2 Å². The first-order chi connectivity index (χ1) is 9.35. The molecular formula is C12H14ClN3O4. The summed E-state index contributed by atoms with van der Waals surface area (Å²) in [5.41, 5.74) is 5.27. The first-order valence-electron chi connectivity index (χ1n) is 5.59. The maximum absolute atomic E-state index is 11.6. The first kappa shape index (κ1) is 15.8. The van der Waals surface area contributed by atoms with Crippen molar-refractivity contribution in [3.05, 3.63) is 23.8 Å². The summed E-state index contributed by atoms with van der Waals surface area (Å²) < 4.78 is 5.06. The van der Waals surface area contributed by atoms with Gasteiger partial charge in [0.25, 0.3) is 5.91 Å². The predicted octanol–water partition coefficient (Wildman–Crippen LogP) is 1.07. The molecule has 0 aliphatic carbocycles. The van der Waals surface area contributed by atoms with Crippen molar-refractivity contribution in [2.45, 2.75) is 12.3 Å². The zero-order valence-corrected chi connectivity index (χ0v) is 11.7. The van der Waals surface area contributed by atoms with E-state index in [0.717, 1.165) is 0 Å². The van der Waals surface area contributed by atoms with Crippen molar-refractivity contribution in [2.75, 3.05) is 12.4 Å². The SMILES string of the molecule is COc1ccc(C(=O)NC(N)=O)cc1NC(=O)[C@@H](C)Cl. The minimum Gasteiger partial charge on any atom is -0.495 e. The predicted molar refractivity (Wildman–Crippen MR) is 74.0 cm³/mol. The Kier molecular flexibility index (Phi) is 5.33. The number of hydrogen-bond acceptors (Lipinski definition) is 4. The van der Waals surface area contributed by atoms with Gasteiger partial charge in [-0.3, -0.25) is 14.9 Å². The van der Waals surface area contributed by atoms with Crippen LogP contribution >= 0.6 is 11.6 Å². The molecule has 1 rings (SSSR count). The molecule has 1 aromatic rings. The molecule has 20 heavy (non-hydrogen) atoms. The Morgan fingerprint density at radius 1 is 1.35 bits per heavy atom. The summed E-state index contributed by atoms with van der Waals surface area (Å²) in [5.74, 6) is -0.779. The second-order valence-electron chi connectivity index (χ2n) is 3.84. The van der Waals surface area contributed by atoms with Gasteiger partial charge in [0.2, 0.25) is 5.91 Å². The van der Waals surface area contributed by atoms with Gasteiger partial charge in [0.05, 0.1) is 12.8 Å². The van der Waals surface area contributed by atoms with Crippen molar-refractivity contribution in [1.29, 1.82) is 0 Å². The van der Waals surface area contributed by atoms with E-state index in [-0.39, 0.29) is 11.3 Å². The van der Waals surface area contributed by atoms with Gasteiger partial charge in [0, 0.05) is 5.56 Å². The number of halogens is 1. The van der Waals surface area contributed by atoms with Crippen molar-refractivity contribution in [2.24, 2.45) is 5.73 Å². The molecule has 1 aromatic carbocycles. The Balaban J connectivity index is 3.05. The lowest BCUT2D eigenvalue weighted by atomic mass is 10.1. The van der Waals surface area contributed by atoms with Crippen LogP contribution in [0.15, 0.2) is 18.2 Å². The fourth-order valence-electron chi connectivity index (χ4n) is 1.36. The van der Waals surface area contributed by atoms with E-state index in [4.69, 9.17) is 22.1 Å². The van der Waals surface area contributed by atoms with Crippen LogP contribution in [0.4, 0.5) is 10.5 Å². The molecule has 108 valence electrons. The van der Waals surface area contributed by atoms with E-state index in [9.17, 15) is 14.4 Å². The van der Waals surface area contributed by atoms with Crippen LogP contribution in [0.3, 0.4) is 0 Å². The number of imide groups is 1. The summed E-state index contributed by atoms with van der Waals surface area (Å²) >= 11 is 5.65. The third-order valence-corrected chi connectivity index (χ3v) is 2.52. The summed E-state index contributed by atoms with van der Waals surface area (Å²) in [6.07, 6.45) is 0. The Labute approximate surface area is 120 Å². The topological polar surface area (TPSA) is 111 Å². The van der Waals surface area contributed by atoms with E-state index in [1.54, 1.807) is 0 Å². The van der Waals surface area contributed by atoms with Crippen LogP contribution in [-0.4, -0.2) is 30.3 Å². The van der Waals surface area contributed by atoms with Gasteiger partial charge in [-0.2, -0.15) is 0 Å². The standard InChI is InChI=1S/C12H14ClN3O4/c1-6(13)10(17)15-8-5-7(3-4-9(8)20-2)11(18)16-12(14)19/h3-6H,1-2H3,(H,15,17)(H3,14,16,18,19)/t6-/m1/s1. The molecule has 0 heterocycles. The van der Waals surface area contributed by atoms with Crippen LogP contribution in [0.1, 0.15) is 17.3 Å². The second kappa shape index (κ2) is 6.76. The number of carbonyl (C=O) groups is 3. The molecule has 8 heteroatoms. The zero-order valence-electron chi connectivity index (χ0n) is 10.9. The van der Waals surface area contributed by atoms with Crippen molar-refractivity contribution in [3.63, 3.8) is 0 Å². The average molecular weight is 300 g/mol. The number of nitrogens with one attached hydrogen (secondary N) is 2. The fraction of sp³-hybridized carbons (Fsp3) is 0.250. The summed E-state index contributed by atoms with van der Waals surface area (Å²) in [5, 5.41) is 3.69. The summed E-state index contributed by atoms with van der Waals surface area (Å²) in [4.78, 5) is 33.8. The van der Waals surface area contributed by atoms with Crippen LogP contribution in [-0.2, 0) is 4.79 Å². The minimum atomic E-state index is -0.967. The number of rotatable bonds is 4. The summed E-state index contributed by atoms with van der Waals surface area (Å²) in [6, 6.07) is 3.29. The molecule has 0 saturated carbocycles. The molecule has 0 saturated heterocycles. The summed E-state index contributed by atoms with van der Waals surface area (Å²) in [7, 11) is 1.41. The van der Waals surface area contributed by atoms with Gasteiger partial charge in [-0.15, -0.1) is 11.6 Å². The maximum Gasteiger partial charge on any atom is 0.319 e. The molecule has 7 nitrogen and oxygen atoms in total. The molecule has 0 aliphatic rings. The number of alkyl halides is 1. The zero-order chi connectivity index (χ0) is 15.3. The lowest BCUT2D eigenvalue weighted by Gasteiger charge is -2.12. The van der Waals surface area contributed by atoms with Gasteiger partial charge < -0.3 is 15.8 Å². The molecule has 0 radical (unpaired) electrons. The number of ether oxygens (including phenoxy) is 1. The van der Waals surface area contributed by atoms with E-state index in [1.165, 1.54) is 32.2 Å². The Morgan fingerprint density at radius 3 is 2.50 bits per heavy atom. The van der Waals surface area contributed by atoms with Crippen molar-refractivity contribution in [3.8, 4) is 5.75 Å².